The van der Waals surface area contributed by atoms with E-state index >= 15 is 0 Å². The number of anilines is 2. The minimum absolute atomic E-state index is 0.592. The van der Waals surface area contributed by atoms with Crippen LogP contribution in [0.4, 0.5) is 11.4 Å². The number of hydrogen-bond acceptors (Lipinski definition) is 3. The molecule has 3 N–H and O–H groups in total. The van der Waals surface area contributed by atoms with Crippen LogP contribution in [0.2, 0.25) is 0 Å². The Hall–Kier alpha value is -1.22. The van der Waals surface area contributed by atoms with Crippen molar-refractivity contribution in [1.29, 1.82) is 0 Å². The van der Waals surface area contributed by atoms with Crippen molar-refractivity contribution in [3.05, 3.63) is 24.3 Å². The first kappa shape index (κ1) is 16.9. The zero-order valence-electron chi connectivity index (χ0n) is 16.1. The molecule has 4 bridgehead atoms. The van der Waals surface area contributed by atoms with Gasteiger partial charge < -0.3 is 11.1 Å². The molecule has 26 heavy (non-hydrogen) atoms. The van der Waals surface area contributed by atoms with Gasteiger partial charge in [0.05, 0.1) is 11.4 Å². The summed E-state index contributed by atoms with van der Waals surface area (Å²) in [5, 5.41) is 3.79. The lowest BCUT2D eigenvalue weighted by Crippen LogP contribution is -2.60. The molecule has 2 saturated heterocycles. The first-order chi connectivity index (χ1) is 12.8. The number of para-hydroxylation sites is 2. The fraction of sp³-hybridized carbons (Fsp3) is 0.739. The Morgan fingerprint density at radius 1 is 0.769 bits per heavy atom. The molecule has 0 spiro atoms. The highest BCUT2D eigenvalue weighted by atomic mass is 15.2. The summed E-state index contributed by atoms with van der Waals surface area (Å²) in [5.74, 6) is 2.07. The van der Waals surface area contributed by atoms with Crippen LogP contribution in [0, 0.1) is 11.8 Å². The second-order valence-electron chi connectivity index (χ2n) is 9.61. The Morgan fingerprint density at radius 3 is 2.12 bits per heavy atom. The van der Waals surface area contributed by atoms with Gasteiger partial charge in [-0.25, -0.2) is 0 Å². The molecule has 2 saturated carbocycles. The number of fused-ring (bicyclic) bond motifs is 4. The standard InChI is InChI=1S/C23H35N3/c24-22-9-1-2-10-23(22)25-18-14-19-7-4-8-20(15-18)26(19)21-12-16-5-3-6-17(11-16)13-21/h1-2,9-10,16-21,25H,3-8,11-15,24H2/t16-,17+,18-,19+,20-,21+. The monoisotopic (exact) mass is 353 g/mol. The van der Waals surface area contributed by atoms with E-state index in [2.05, 4.69) is 22.3 Å². The van der Waals surface area contributed by atoms with Gasteiger partial charge in [0.15, 0.2) is 0 Å². The van der Waals surface area contributed by atoms with Crippen LogP contribution < -0.4 is 11.1 Å². The van der Waals surface area contributed by atoms with Gasteiger partial charge in [-0.1, -0.05) is 37.8 Å². The minimum atomic E-state index is 0.592. The number of nitrogens with one attached hydrogen (secondary N) is 1. The summed E-state index contributed by atoms with van der Waals surface area (Å²) >= 11 is 0. The summed E-state index contributed by atoms with van der Waals surface area (Å²) in [5.41, 5.74) is 8.20. The number of rotatable bonds is 3. The average Bonchev–Trinajstić information content (AvgIpc) is 2.62. The van der Waals surface area contributed by atoms with Crippen molar-refractivity contribution in [1.82, 2.24) is 4.90 Å². The highest BCUT2D eigenvalue weighted by Gasteiger charge is 2.44. The Bertz CT molecular complexity index is 604. The summed E-state index contributed by atoms with van der Waals surface area (Å²) < 4.78 is 0. The van der Waals surface area contributed by atoms with Crippen molar-refractivity contribution in [2.45, 2.75) is 94.8 Å². The maximum Gasteiger partial charge on any atom is 0.0576 e. The van der Waals surface area contributed by atoms with Gasteiger partial charge in [-0.2, -0.15) is 0 Å². The van der Waals surface area contributed by atoms with Crippen molar-refractivity contribution >= 4 is 11.4 Å². The zero-order valence-corrected chi connectivity index (χ0v) is 16.1. The molecule has 1 aromatic carbocycles. The van der Waals surface area contributed by atoms with E-state index in [1.807, 2.05) is 12.1 Å². The highest BCUT2D eigenvalue weighted by molar-refractivity contribution is 5.66. The van der Waals surface area contributed by atoms with Gasteiger partial charge in [-0.15, -0.1) is 0 Å². The molecule has 2 heterocycles. The molecule has 0 amide bonds. The summed E-state index contributed by atoms with van der Waals surface area (Å²) in [6, 6.07) is 11.3. The molecule has 0 aromatic heterocycles. The van der Waals surface area contributed by atoms with Crippen LogP contribution in [0.15, 0.2) is 24.3 Å². The Labute approximate surface area is 158 Å². The Morgan fingerprint density at radius 2 is 1.42 bits per heavy atom. The molecule has 142 valence electrons. The van der Waals surface area contributed by atoms with Gasteiger partial charge >= 0.3 is 0 Å². The normalized spacial score (nSPS) is 40.2. The predicted molar refractivity (Wildman–Crippen MR) is 109 cm³/mol. The molecule has 0 radical (unpaired) electrons. The quantitative estimate of drug-likeness (QED) is 0.748. The van der Waals surface area contributed by atoms with E-state index in [-0.39, 0.29) is 0 Å². The summed E-state index contributed by atoms with van der Waals surface area (Å²) in [6.45, 7) is 0. The predicted octanol–water partition coefficient (Wildman–Crippen LogP) is 5.04. The molecule has 3 nitrogen and oxygen atoms in total. The van der Waals surface area contributed by atoms with Crippen molar-refractivity contribution < 1.29 is 0 Å². The van der Waals surface area contributed by atoms with Crippen LogP contribution in [-0.2, 0) is 0 Å². The van der Waals surface area contributed by atoms with E-state index in [4.69, 9.17) is 5.73 Å². The van der Waals surface area contributed by atoms with Crippen LogP contribution in [0.25, 0.3) is 0 Å². The van der Waals surface area contributed by atoms with Gasteiger partial charge in [-0.05, 0) is 68.9 Å². The third-order valence-corrected chi connectivity index (χ3v) is 7.88. The first-order valence-electron chi connectivity index (χ1n) is 11.1. The van der Waals surface area contributed by atoms with E-state index in [0.717, 1.165) is 41.3 Å². The molecule has 2 aliphatic carbocycles. The SMILES string of the molecule is Nc1ccccc1N[C@H]1C[C@H]2CCC[C@@H](C1)N2[C@H]1C[C@@H]2CCC[C@@H](C2)C1. The Kier molecular flexibility index (Phi) is 4.60. The second-order valence-corrected chi connectivity index (χ2v) is 9.61. The summed E-state index contributed by atoms with van der Waals surface area (Å²) in [4.78, 5) is 3.03. The van der Waals surface area contributed by atoms with Crippen LogP contribution in [0.1, 0.15) is 70.6 Å². The molecule has 3 heteroatoms. The fourth-order valence-electron chi connectivity index (χ4n) is 6.92. The van der Waals surface area contributed by atoms with E-state index in [1.54, 1.807) is 0 Å². The van der Waals surface area contributed by atoms with Crippen LogP contribution in [0.3, 0.4) is 0 Å². The van der Waals surface area contributed by atoms with Gasteiger partial charge in [0.2, 0.25) is 0 Å². The van der Waals surface area contributed by atoms with Crippen molar-refractivity contribution in [2.24, 2.45) is 11.8 Å². The fourth-order valence-corrected chi connectivity index (χ4v) is 6.92. The van der Waals surface area contributed by atoms with Gasteiger partial charge in [-0.3, -0.25) is 4.90 Å². The number of nitrogens with two attached hydrogens (primary N) is 1. The molecule has 6 atom stereocenters. The Balaban J connectivity index is 1.29. The molecule has 1 aromatic rings. The third-order valence-electron chi connectivity index (χ3n) is 7.88. The molecule has 4 fully saturated rings. The van der Waals surface area contributed by atoms with E-state index in [1.165, 1.54) is 70.6 Å². The van der Waals surface area contributed by atoms with Crippen molar-refractivity contribution in [3.8, 4) is 0 Å². The lowest BCUT2D eigenvalue weighted by molar-refractivity contribution is -0.0382. The second kappa shape index (κ2) is 7.07. The van der Waals surface area contributed by atoms with E-state index in [0.29, 0.717) is 6.04 Å². The third kappa shape index (κ3) is 3.24. The maximum atomic E-state index is 6.18. The van der Waals surface area contributed by atoms with Crippen LogP contribution >= 0.6 is 0 Å². The smallest absolute Gasteiger partial charge is 0.0576 e. The number of hydrogen-bond donors (Lipinski definition) is 2. The van der Waals surface area contributed by atoms with Crippen LogP contribution in [-0.4, -0.2) is 29.1 Å². The number of benzene rings is 1. The topological polar surface area (TPSA) is 41.3 Å². The van der Waals surface area contributed by atoms with Crippen molar-refractivity contribution in [2.75, 3.05) is 11.1 Å². The molecule has 4 aliphatic rings. The van der Waals surface area contributed by atoms with Gasteiger partial charge in [0.1, 0.15) is 0 Å². The number of nitrogen functional groups attached to an aromatic ring is 1. The van der Waals surface area contributed by atoms with E-state index in [9.17, 15) is 0 Å². The average molecular weight is 354 g/mol. The molecule has 5 rings (SSSR count). The zero-order chi connectivity index (χ0) is 17.5. The molecule has 2 aliphatic heterocycles. The van der Waals surface area contributed by atoms with E-state index < -0.39 is 0 Å². The maximum absolute atomic E-state index is 6.18. The summed E-state index contributed by atoms with van der Waals surface area (Å²) in [7, 11) is 0. The minimum Gasteiger partial charge on any atom is -0.397 e. The van der Waals surface area contributed by atoms with Crippen LogP contribution in [0.5, 0.6) is 0 Å². The first-order valence-corrected chi connectivity index (χ1v) is 11.1. The molecular formula is C23H35N3. The van der Waals surface area contributed by atoms with Crippen molar-refractivity contribution in [3.63, 3.8) is 0 Å². The number of piperidine rings is 2. The lowest BCUT2D eigenvalue weighted by atomic mass is 9.68. The molecular weight excluding hydrogens is 318 g/mol. The number of nitrogens with zero attached hydrogens (tertiary/aromatic N) is 1. The van der Waals surface area contributed by atoms with Gasteiger partial charge in [0, 0.05) is 24.2 Å². The van der Waals surface area contributed by atoms with Gasteiger partial charge in [0.25, 0.3) is 0 Å². The largest absolute Gasteiger partial charge is 0.397 e. The summed E-state index contributed by atoms with van der Waals surface area (Å²) in [6.07, 6.45) is 15.9. The molecule has 0 unspecified atom stereocenters. The lowest BCUT2D eigenvalue weighted by Gasteiger charge is -2.55. The highest BCUT2D eigenvalue weighted by Crippen LogP contribution is 2.46.